The molecule has 108 valence electrons. The number of aryl methyl sites for hydroxylation is 1. The summed E-state index contributed by atoms with van der Waals surface area (Å²) in [5, 5.41) is 15.9. The number of nitrogens with one attached hydrogen (secondary N) is 1. The van der Waals surface area contributed by atoms with Crippen LogP contribution in [-0.2, 0) is 10.0 Å². The molecule has 0 fully saturated rings. The van der Waals surface area contributed by atoms with Crippen LogP contribution in [-0.4, -0.2) is 38.3 Å². The van der Waals surface area contributed by atoms with Gasteiger partial charge in [0.15, 0.2) is 0 Å². The highest BCUT2D eigenvalue weighted by Gasteiger charge is 2.08. The number of benzene rings is 1. The number of hydrogen-bond acceptors (Lipinski definition) is 4. The maximum atomic E-state index is 11.8. The van der Waals surface area contributed by atoms with Crippen molar-refractivity contribution in [3.8, 4) is 11.8 Å². The van der Waals surface area contributed by atoms with Gasteiger partial charge in [0.2, 0.25) is 10.0 Å². The van der Waals surface area contributed by atoms with Gasteiger partial charge in [-0.05, 0) is 30.7 Å². The second kappa shape index (κ2) is 7.05. The third kappa shape index (κ3) is 5.40. The summed E-state index contributed by atoms with van der Waals surface area (Å²) >= 11 is 0. The lowest BCUT2D eigenvalue weighted by molar-refractivity contribution is 0.0956. The van der Waals surface area contributed by atoms with Crippen molar-refractivity contribution in [2.24, 2.45) is 5.14 Å². The Bertz CT molecular complexity index is 657. The van der Waals surface area contributed by atoms with Crippen molar-refractivity contribution < 1.29 is 18.3 Å². The maximum absolute atomic E-state index is 11.8. The Kier molecular flexibility index (Phi) is 5.70. The van der Waals surface area contributed by atoms with E-state index in [1.54, 1.807) is 25.1 Å². The van der Waals surface area contributed by atoms with E-state index in [-0.39, 0.29) is 24.8 Å². The Morgan fingerprint density at radius 3 is 2.70 bits per heavy atom. The third-order valence-electron chi connectivity index (χ3n) is 2.46. The van der Waals surface area contributed by atoms with Crippen molar-refractivity contribution in [2.45, 2.75) is 6.92 Å². The predicted molar refractivity (Wildman–Crippen MR) is 75.5 cm³/mol. The molecule has 1 amide bonds. The van der Waals surface area contributed by atoms with Gasteiger partial charge in [-0.3, -0.25) is 4.79 Å². The van der Waals surface area contributed by atoms with E-state index in [9.17, 15) is 13.2 Å². The van der Waals surface area contributed by atoms with E-state index in [0.29, 0.717) is 5.56 Å². The first-order chi connectivity index (χ1) is 9.33. The fourth-order valence-electron chi connectivity index (χ4n) is 1.49. The first-order valence-electron chi connectivity index (χ1n) is 5.82. The second-order valence-corrected chi connectivity index (χ2v) is 5.85. The Morgan fingerprint density at radius 2 is 2.15 bits per heavy atom. The number of sulfonamides is 1. The van der Waals surface area contributed by atoms with E-state index in [0.717, 1.165) is 11.1 Å². The van der Waals surface area contributed by atoms with Crippen LogP contribution >= 0.6 is 0 Å². The molecule has 0 aromatic heterocycles. The monoisotopic (exact) mass is 296 g/mol. The first-order valence-corrected chi connectivity index (χ1v) is 7.54. The normalized spacial score (nSPS) is 10.6. The number of hydrogen-bond donors (Lipinski definition) is 3. The number of carbonyl (C=O) groups is 1. The molecule has 1 aromatic carbocycles. The summed E-state index contributed by atoms with van der Waals surface area (Å²) in [6.45, 7) is 1.53. The molecule has 0 aliphatic heterocycles. The summed E-state index contributed by atoms with van der Waals surface area (Å²) in [7, 11) is -3.58. The lowest BCUT2D eigenvalue weighted by Gasteiger charge is -2.06. The molecule has 0 saturated heterocycles. The average molecular weight is 296 g/mol. The Morgan fingerprint density at radius 1 is 1.45 bits per heavy atom. The highest BCUT2D eigenvalue weighted by molar-refractivity contribution is 7.89. The molecular formula is C13H16N2O4S. The molecule has 0 saturated carbocycles. The van der Waals surface area contributed by atoms with Gasteiger partial charge in [0.05, 0.1) is 5.75 Å². The van der Waals surface area contributed by atoms with E-state index in [1.165, 1.54) is 0 Å². The van der Waals surface area contributed by atoms with Crippen molar-refractivity contribution >= 4 is 15.9 Å². The van der Waals surface area contributed by atoms with Gasteiger partial charge in [0.25, 0.3) is 5.91 Å². The van der Waals surface area contributed by atoms with E-state index in [2.05, 4.69) is 17.2 Å². The van der Waals surface area contributed by atoms with Gasteiger partial charge in [0, 0.05) is 17.7 Å². The Labute approximate surface area is 118 Å². The van der Waals surface area contributed by atoms with E-state index >= 15 is 0 Å². The minimum atomic E-state index is -3.58. The maximum Gasteiger partial charge on any atom is 0.251 e. The number of amides is 1. The second-order valence-electron chi connectivity index (χ2n) is 4.11. The molecule has 20 heavy (non-hydrogen) atoms. The number of nitrogens with two attached hydrogens (primary N) is 1. The number of primary sulfonamides is 1. The number of rotatable bonds is 4. The fourth-order valence-corrected chi connectivity index (χ4v) is 1.88. The molecule has 0 atom stereocenters. The largest absolute Gasteiger partial charge is 0.384 e. The summed E-state index contributed by atoms with van der Waals surface area (Å²) in [4.78, 5) is 11.8. The van der Waals surface area contributed by atoms with Crippen LogP contribution in [0.5, 0.6) is 0 Å². The molecule has 1 aromatic rings. The van der Waals surface area contributed by atoms with Gasteiger partial charge < -0.3 is 10.4 Å². The highest BCUT2D eigenvalue weighted by Crippen LogP contribution is 2.10. The van der Waals surface area contributed by atoms with Gasteiger partial charge >= 0.3 is 0 Å². The smallest absolute Gasteiger partial charge is 0.251 e. The van der Waals surface area contributed by atoms with Crippen LogP contribution in [0.15, 0.2) is 18.2 Å². The summed E-state index contributed by atoms with van der Waals surface area (Å²) < 4.78 is 21.5. The zero-order valence-corrected chi connectivity index (χ0v) is 11.8. The lowest BCUT2D eigenvalue weighted by atomic mass is 10.0. The molecule has 0 heterocycles. The fraction of sp³-hybridized carbons (Fsp3) is 0.308. The molecule has 0 spiro atoms. The molecule has 1 rings (SSSR count). The predicted octanol–water partition coefficient (Wildman–Crippen LogP) is -0.643. The summed E-state index contributed by atoms with van der Waals surface area (Å²) in [6, 6.07) is 4.90. The molecule has 0 bridgehead atoms. The number of aliphatic hydroxyl groups excluding tert-OH is 1. The third-order valence-corrected chi connectivity index (χ3v) is 3.24. The molecule has 0 unspecified atom stereocenters. The van der Waals surface area contributed by atoms with Crippen LogP contribution in [0.3, 0.4) is 0 Å². The number of aliphatic hydroxyl groups is 1. The van der Waals surface area contributed by atoms with Gasteiger partial charge in [-0.1, -0.05) is 11.8 Å². The van der Waals surface area contributed by atoms with Crippen molar-refractivity contribution in [1.82, 2.24) is 5.32 Å². The summed E-state index contributed by atoms with van der Waals surface area (Å²) in [5.74, 6) is 4.61. The first kappa shape index (κ1) is 16.2. The van der Waals surface area contributed by atoms with Crippen molar-refractivity contribution in [1.29, 1.82) is 0 Å². The van der Waals surface area contributed by atoms with Crippen LogP contribution in [0.1, 0.15) is 21.5 Å². The van der Waals surface area contributed by atoms with Crippen molar-refractivity contribution in [2.75, 3.05) is 18.9 Å². The van der Waals surface area contributed by atoms with Crippen molar-refractivity contribution in [3.63, 3.8) is 0 Å². The van der Waals surface area contributed by atoms with Crippen molar-refractivity contribution in [3.05, 3.63) is 34.9 Å². The van der Waals surface area contributed by atoms with E-state index < -0.39 is 10.0 Å². The minimum Gasteiger partial charge on any atom is -0.384 e. The van der Waals surface area contributed by atoms with Crippen LogP contribution in [0, 0.1) is 18.8 Å². The van der Waals surface area contributed by atoms with Gasteiger partial charge in [-0.25, -0.2) is 13.6 Å². The van der Waals surface area contributed by atoms with E-state index in [4.69, 9.17) is 10.2 Å². The summed E-state index contributed by atoms with van der Waals surface area (Å²) in [5.41, 5.74) is 1.93. The lowest BCUT2D eigenvalue weighted by Crippen LogP contribution is -2.31. The van der Waals surface area contributed by atoms with Crippen LogP contribution in [0.25, 0.3) is 0 Å². The summed E-state index contributed by atoms with van der Waals surface area (Å²) in [6.07, 6.45) is 0. The van der Waals surface area contributed by atoms with Crippen LogP contribution in [0.4, 0.5) is 0 Å². The van der Waals surface area contributed by atoms with Gasteiger partial charge in [0.1, 0.15) is 6.61 Å². The molecule has 0 aliphatic carbocycles. The molecular weight excluding hydrogens is 280 g/mol. The zero-order valence-electron chi connectivity index (χ0n) is 11.0. The topological polar surface area (TPSA) is 109 Å². The van der Waals surface area contributed by atoms with Gasteiger partial charge in [-0.15, -0.1) is 0 Å². The molecule has 7 heteroatoms. The molecule has 6 nitrogen and oxygen atoms in total. The quantitative estimate of drug-likeness (QED) is 0.642. The van der Waals surface area contributed by atoms with Crippen LogP contribution in [0.2, 0.25) is 0 Å². The Balaban J connectivity index is 2.73. The zero-order chi connectivity index (χ0) is 15.2. The average Bonchev–Trinajstić information content (AvgIpc) is 2.35. The van der Waals surface area contributed by atoms with Gasteiger partial charge in [-0.2, -0.15) is 0 Å². The highest BCUT2D eigenvalue weighted by atomic mass is 32.2. The SMILES string of the molecule is Cc1cc(C(=O)NCCS(N)(=O)=O)ccc1C#CCO. The molecule has 4 N–H and O–H groups in total. The standard InChI is InChI=1S/C13H16N2O4S/c1-10-9-12(5-4-11(10)3-2-7-16)13(17)15-6-8-20(14,18)19/h4-5,9,16H,6-8H2,1H3,(H,15,17)(H2,14,18,19). The van der Waals surface area contributed by atoms with E-state index in [1.807, 2.05) is 0 Å². The molecule has 0 radical (unpaired) electrons. The van der Waals surface area contributed by atoms with Crippen LogP contribution < -0.4 is 10.5 Å². The number of carbonyl (C=O) groups excluding carboxylic acids is 1. The Hall–Kier alpha value is -1.88. The molecule has 0 aliphatic rings. The minimum absolute atomic E-state index is 0.0389.